The van der Waals surface area contributed by atoms with Crippen LogP contribution in [0.15, 0.2) is 18.2 Å². The first kappa shape index (κ1) is 13.5. The lowest BCUT2D eigenvalue weighted by atomic mass is 9.87. The minimum Gasteiger partial charge on any atom is -0.384 e. The predicted octanol–water partition coefficient (Wildman–Crippen LogP) is 5.12. The summed E-state index contributed by atoms with van der Waals surface area (Å²) in [5.74, 6) is 0.769. The smallest absolute Gasteiger partial charge is 0.0408 e. The highest BCUT2D eigenvalue weighted by atomic mass is 14.9. The Bertz CT molecular complexity index is 362. The molecule has 0 unspecified atom stereocenters. The fourth-order valence-corrected chi connectivity index (χ4v) is 3.06. The fraction of sp³-hybridized carbons (Fsp3) is 0.647. The van der Waals surface area contributed by atoms with Crippen LogP contribution in [0.3, 0.4) is 0 Å². The highest BCUT2D eigenvalue weighted by Crippen LogP contribution is 2.36. The molecule has 0 saturated heterocycles. The number of hydrogen-bond acceptors (Lipinski definition) is 1. The lowest BCUT2D eigenvalue weighted by Gasteiger charge is -2.20. The average Bonchev–Trinajstić information content (AvgIpc) is 2.87. The monoisotopic (exact) mass is 245 g/mol. The van der Waals surface area contributed by atoms with Crippen LogP contribution in [-0.4, -0.2) is 6.54 Å². The molecule has 1 nitrogen and oxygen atoms in total. The number of benzene rings is 1. The maximum Gasteiger partial charge on any atom is 0.0408 e. The maximum absolute atomic E-state index is 3.60. The van der Waals surface area contributed by atoms with Gasteiger partial charge in [-0.05, 0) is 36.3 Å². The molecule has 100 valence electrons. The van der Waals surface area contributed by atoms with Crippen LogP contribution >= 0.6 is 0 Å². The van der Waals surface area contributed by atoms with Crippen LogP contribution in [0.1, 0.15) is 69.4 Å². The molecule has 0 spiro atoms. The summed E-state index contributed by atoms with van der Waals surface area (Å²) in [6.45, 7) is 5.72. The molecule has 0 aliphatic carbocycles. The number of rotatable bonds is 7. The van der Waals surface area contributed by atoms with Crippen LogP contribution in [0, 0.1) is 0 Å². The molecule has 0 atom stereocenters. The number of anilines is 1. The summed E-state index contributed by atoms with van der Waals surface area (Å²) in [5, 5.41) is 3.60. The molecule has 0 bridgehead atoms. The van der Waals surface area contributed by atoms with Gasteiger partial charge in [0.25, 0.3) is 0 Å². The van der Waals surface area contributed by atoms with Crippen LogP contribution < -0.4 is 5.32 Å². The van der Waals surface area contributed by atoms with E-state index in [1.54, 1.807) is 5.56 Å². The molecule has 1 aliphatic heterocycles. The molecule has 0 aromatic heterocycles. The van der Waals surface area contributed by atoms with Gasteiger partial charge in [-0.1, -0.05) is 57.7 Å². The van der Waals surface area contributed by atoms with Crippen molar-refractivity contribution in [2.24, 2.45) is 0 Å². The van der Waals surface area contributed by atoms with Crippen molar-refractivity contribution in [2.75, 3.05) is 11.9 Å². The standard InChI is InChI=1S/C17H27N/c1-3-5-8-14(9-6-4-2)16-11-7-10-15-12-13-18-17(15)16/h7,10-11,14,18H,3-6,8-9,12-13H2,1-2H3. The Labute approximate surface area is 112 Å². The second-order valence-electron chi connectivity index (χ2n) is 5.54. The Kier molecular flexibility index (Phi) is 5.10. The first-order valence-corrected chi connectivity index (χ1v) is 7.72. The number of nitrogens with one attached hydrogen (secondary N) is 1. The van der Waals surface area contributed by atoms with Gasteiger partial charge in [0, 0.05) is 12.2 Å². The van der Waals surface area contributed by atoms with Gasteiger partial charge in [0.2, 0.25) is 0 Å². The Morgan fingerprint density at radius 1 is 1.11 bits per heavy atom. The average molecular weight is 245 g/mol. The van der Waals surface area contributed by atoms with E-state index in [2.05, 4.69) is 37.4 Å². The third-order valence-electron chi connectivity index (χ3n) is 4.13. The SMILES string of the molecule is CCCCC(CCCC)c1cccc2c1NCC2. The maximum atomic E-state index is 3.60. The third-order valence-corrected chi connectivity index (χ3v) is 4.13. The molecule has 0 radical (unpaired) electrons. The number of para-hydroxylation sites is 1. The number of fused-ring (bicyclic) bond motifs is 1. The van der Waals surface area contributed by atoms with Crippen molar-refractivity contribution in [2.45, 2.75) is 64.7 Å². The molecule has 0 fully saturated rings. The highest BCUT2D eigenvalue weighted by molar-refractivity contribution is 5.62. The molecule has 1 aromatic carbocycles. The van der Waals surface area contributed by atoms with Crippen molar-refractivity contribution in [3.05, 3.63) is 29.3 Å². The van der Waals surface area contributed by atoms with E-state index in [-0.39, 0.29) is 0 Å². The van der Waals surface area contributed by atoms with Crippen molar-refractivity contribution < 1.29 is 0 Å². The van der Waals surface area contributed by atoms with Crippen LogP contribution in [0.5, 0.6) is 0 Å². The van der Waals surface area contributed by atoms with E-state index >= 15 is 0 Å². The third kappa shape index (κ3) is 3.07. The van der Waals surface area contributed by atoms with E-state index in [0.29, 0.717) is 0 Å². The van der Waals surface area contributed by atoms with Crippen molar-refractivity contribution in [3.8, 4) is 0 Å². The van der Waals surface area contributed by atoms with Crippen LogP contribution in [0.25, 0.3) is 0 Å². The van der Waals surface area contributed by atoms with Crippen molar-refractivity contribution in [1.29, 1.82) is 0 Å². The molecule has 1 aromatic rings. The second kappa shape index (κ2) is 6.82. The van der Waals surface area contributed by atoms with Crippen LogP contribution in [0.2, 0.25) is 0 Å². The molecule has 1 heteroatoms. The summed E-state index contributed by atoms with van der Waals surface area (Å²) < 4.78 is 0. The zero-order valence-electron chi connectivity index (χ0n) is 12.0. The Balaban J connectivity index is 2.16. The van der Waals surface area contributed by atoms with Gasteiger partial charge in [-0.15, -0.1) is 0 Å². The van der Waals surface area contributed by atoms with Crippen molar-refractivity contribution in [1.82, 2.24) is 0 Å². The summed E-state index contributed by atoms with van der Waals surface area (Å²) in [4.78, 5) is 0. The normalized spacial score (nSPS) is 13.7. The molecule has 18 heavy (non-hydrogen) atoms. The lowest BCUT2D eigenvalue weighted by Crippen LogP contribution is -2.03. The van der Waals surface area contributed by atoms with E-state index in [1.807, 2.05) is 0 Å². The predicted molar refractivity (Wildman–Crippen MR) is 80.4 cm³/mol. The summed E-state index contributed by atoms with van der Waals surface area (Å²) in [6.07, 6.45) is 9.26. The second-order valence-corrected chi connectivity index (χ2v) is 5.54. The molecule has 2 rings (SSSR count). The molecule has 0 saturated carbocycles. The number of unbranched alkanes of at least 4 members (excludes halogenated alkanes) is 2. The van der Waals surface area contributed by atoms with Gasteiger partial charge in [0.05, 0.1) is 0 Å². The molecule has 0 amide bonds. The number of hydrogen-bond donors (Lipinski definition) is 1. The van der Waals surface area contributed by atoms with Gasteiger partial charge in [0.15, 0.2) is 0 Å². The molecule has 1 N–H and O–H groups in total. The minimum atomic E-state index is 0.769. The van der Waals surface area contributed by atoms with E-state index in [9.17, 15) is 0 Å². The Morgan fingerprint density at radius 2 is 1.83 bits per heavy atom. The van der Waals surface area contributed by atoms with E-state index in [4.69, 9.17) is 0 Å². The summed E-state index contributed by atoms with van der Waals surface area (Å²) in [5.41, 5.74) is 4.59. The first-order valence-electron chi connectivity index (χ1n) is 7.72. The summed E-state index contributed by atoms with van der Waals surface area (Å²) >= 11 is 0. The zero-order chi connectivity index (χ0) is 12.8. The minimum absolute atomic E-state index is 0.769. The summed E-state index contributed by atoms with van der Waals surface area (Å²) in [6, 6.07) is 6.90. The van der Waals surface area contributed by atoms with Crippen LogP contribution in [0.4, 0.5) is 5.69 Å². The molecular formula is C17H27N. The highest BCUT2D eigenvalue weighted by Gasteiger charge is 2.19. The van der Waals surface area contributed by atoms with Gasteiger partial charge in [-0.3, -0.25) is 0 Å². The van der Waals surface area contributed by atoms with Gasteiger partial charge in [0.1, 0.15) is 0 Å². The molecule has 1 heterocycles. The molecular weight excluding hydrogens is 218 g/mol. The van der Waals surface area contributed by atoms with Gasteiger partial charge in [-0.25, -0.2) is 0 Å². The Hall–Kier alpha value is -0.980. The summed E-state index contributed by atoms with van der Waals surface area (Å²) in [7, 11) is 0. The fourth-order valence-electron chi connectivity index (χ4n) is 3.06. The van der Waals surface area contributed by atoms with E-state index in [1.165, 1.54) is 56.2 Å². The lowest BCUT2D eigenvalue weighted by molar-refractivity contribution is 0.526. The quantitative estimate of drug-likeness (QED) is 0.703. The van der Waals surface area contributed by atoms with Crippen LogP contribution in [-0.2, 0) is 6.42 Å². The first-order chi connectivity index (χ1) is 8.86. The topological polar surface area (TPSA) is 12.0 Å². The largest absolute Gasteiger partial charge is 0.384 e. The van der Waals surface area contributed by atoms with Crippen molar-refractivity contribution in [3.63, 3.8) is 0 Å². The van der Waals surface area contributed by atoms with E-state index < -0.39 is 0 Å². The van der Waals surface area contributed by atoms with E-state index in [0.717, 1.165) is 12.5 Å². The molecule has 1 aliphatic rings. The zero-order valence-corrected chi connectivity index (χ0v) is 12.0. The van der Waals surface area contributed by atoms with Gasteiger partial charge in [-0.2, -0.15) is 0 Å². The van der Waals surface area contributed by atoms with Crippen molar-refractivity contribution >= 4 is 5.69 Å². The van der Waals surface area contributed by atoms with Gasteiger partial charge < -0.3 is 5.32 Å². The van der Waals surface area contributed by atoms with Gasteiger partial charge >= 0.3 is 0 Å². The Morgan fingerprint density at radius 3 is 2.50 bits per heavy atom.